The summed E-state index contributed by atoms with van der Waals surface area (Å²) in [5.41, 5.74) is 0. The Morgan fingerprint density at radius 3 is 0.500 bits per heavy atom. The van der Waals surface area contributed by atoms with Gasteiger partial charge in [0.25, 0.3) is 0 Å². The summed E-state index contributed by atoms with van der Waals surface area (Å²) in [6, 6.07) is 0. The van der Waals surface area contributed by atoms with Crippen molar-refractivity contribution in [1.29, 1.82) is 0 Å². The Balaban J connectivity index is 3.02. The second-order valence-electron chi connectivity index (χ2n) is 14.0. The van der Waals surface area contributed by atoms with Crippen LogP contribution in [0.5, 0.6) is 0 Å². The highest BCUT2D eigenvalue weighted by Crippen LogP contribution is 2.17. The number of unbranched alkanes of at least 4 members (excludes halogenated alkanes) is 35. The Morgan fingerprint density at radius 2 is 0.333 bits per heavy atom. The molecular formula is C41H84S. The molecule has 0 unspecified atom stereocenters. The van der Waals surface area contributed by atoms with Gasteiger partial charge in [-0.1, -0.05) is 239 Å². The van der Waals surface area contributed by atoms with Crippen molar-refractivity contribution < 1.29 is 0 Å². The third kappa shape index (κ3) is 40.4. The van der Waals surface area contributed by atoms with E-state index in [-0.39, 0.29) is 0 Å². The summed E-state index contributed by atoms with van der Waals surface area (Å²) < 4.78 is 0. The lowest BCUT2D eigenvalue weighted by Crippen LogP contribution is -1.87. The van der Waals surface area contributed by atoms with E-state index in [0.717, 1.165) is 0 Å². The van der Waals surface area contributed by atoms with Crippen molar-refractivity contribution in [2.45, 2.75) is 251 Å². The van der Waals surface area contributed by atoms with Crippen LogP contribution in [0.25, 0.3) is 0 Å². The Hall–Kier alpha value is 0.350. The van der Waals surface area contributed by atoms with Crippen molar-refractivity contribution >= 4 is 11.8 Å². The fraction of sp³-hybridized carbons (Fsp3) is 1.00. The molecule has 0 spiro atoms. The molecule has 0 N–H and O–H groups in total. The molecule has 0 saturated carbocycles. The van der Waals surface area contributed by atoms with Gasteiger partial charge in [0, 0.05) is 0 Å². The molecule has 0 aromatic heterocycles. The molecule has 0 rings (SSSR count). The average Bonchev–Trinajstić information content (AvgIpc) is 3.00. The largest absolute Gasteiger partial charge is 0.162 e. The molecule has 1 heteroatoms. The normalized spacial score (nSPS) is 11.6. The minimum atomic E-state index is 1.37. The van der Waals surface area contributed by atoms with Gasteiger partial charge >= 0.3 is 0 Å². The van der Waals surface area contributed by atoms with Crippen molar-refractivity contribution in [3.8, 4) is 0 Å². The van der Waals surface area contributed by atoms with E-state index in [1.54, 1.807) is 0 Å². The van der Waals surface area contributed by atoms with E-state index in [1.807, 2.05) is 0 Å². The van der Waals surface area contributed by atoms with Crippen LogP contribution in [0.2, 0.25) is 0 Å². The van der Waals surface area contributed by atoms with Crippen LogP contribution in [0.15, 0.2) is 0 Å². The maximum Gasteiger partial charge on any atom is -0.00675 e. The van der Waals surface area contributed by atoms with Gasteiger partial charge in [-0.3, -0.25) is 0 Å². The molecule has 0 saturated heterocycles. The lowest BCUT2D eigenvalue weighted by molar-refractivity contribution is 0.520. The number of hydrogen-bond acceptors (Lipinski definition) is 1. The van der Waals surface area contributed by atoms with Crippen molar-refractivity contribution in [2.24, 2.45) is 0 Å². The first-order chi connectivity index (χ1) is 20.9. The van der Waals surface area contributed by atoms with Crippen molar-refractivity contribution in [3.63, 3.8) is 0 Å². The highest BCUT2D eigenvalue weighted by atomic mass is 32.2. The highest BCUT2D eigenvalue weighted by molar-refractivity contribution is 7.99. The lowest BCUT2D eigenvalue weighted by atomic mass is 10.0. The first-order valence-corrected chi connectivity index (χ1v) is 21.6. The monoisotopic (exact) mass is 609 g/mol. The predicted molar refractivity (Wildman–Crippen MR) is 200 cm³/mol. The molecule has 0 aromatic rings. The zero-order chi connectivity index (χ0) is 30.3. The molecule has 0 fully saturated rings. The van der Waals surface area contributed by atoms with E-state index in [1.165, 1.54) is 249 Å². The minimum Gasteiger partial charge on any atom is -0.162 e. The third-order valence-electron chi connectivity index (χ3n) is 9.53. The molecule has 0 heterocycles. The second-order valence-corrected chi connectivity index (χ2v) is 15.2. The van der Waals surface area contributed by atoms with Crippen LogP contribution in [-0.2, 0) is 0 Å². The maximum absolute atomic E-state index is 2.31. The van der Waals surface area contributed by atoms with Crippen molar-refractivity contribution in [2.75, 3.05) is 11.5 Å². The lowest BCUT2D eigenvalue weighted by Gasteiger charge is -2.05. The number of rotatable bonds is 39. The molecule has 0 nitrogen and oxygen atoms in total. The standard InChI is InChI=1S/C41H84S/c1-3-5-7-9-11-13-15-17-19-20-21-22-23-24-25-27-29-31-33-35-37-39-41-42-40-38-36-34-32-30-28-26-18-16-14-12-10-8-6-4-2/h3-41H2,1-2H3. The Morgan fingerprint density at radius 1 is 0.190 bits per heavy atom. The molecule has 0 amide bonds. The summed E-state index contributed by atoms with van der Waals surface area (Å²) in [5, 5.41) is 0. The smallest absolute Gasteiger partial charge is 0.00675 e. The van der Waals surface area contributed by atoms with Crippen LogP contribution >= 0.6 is 11.8 Å². The van der Waals surface area contributed by atoms with Crippen LogP contribution in [0.3, 0.4) is 0 Å². The predicted octanol–water partition coefficient (Wildman–Crippen LogP) is 16.2. The number of hydrogen-bond donors (Lipinski definition) is 0. The van der Waals surface area contributed by atoms with Gasteiger partial charge in [-0.15, -0.1) is 0 Å². The summed E-state index contributed by atoms with van der Waals surface area (Å²) in [5.74, 6) is 2.83. The SMILES string of the molecule is CCCCCCCCCCCCCCCCCCCCCCCCSCCCCCCCCCCCCCCCCC. The van der Waals surface area contributed by atoms with E-state index < -0.39 is 0 Å². The molecule has 0 aromatic carbocycles. The van der Waals surface area contributed by atoms with Crippen LogP contribution in [0.4, 0.5) is 0 Å². The van der Waals surface area contributed by atoms with E-state index in [9.17, 15) is 0 Å². The van der Waals surface area contributed by atoms with E-state index >= 15 is 0 Å². The molecule has 0 bridgehead atoms. The van der Waals surface area contributed by atoms with Gasteiger partial charge in [-0.05, 0) is 24.3 Å². The maximum atomic E-state index is 2.31. The molecule has 0 aliphatic carbocycles. The summed E-state index contributed by atoms with van der Waals surface area (Å²) in [4.78, 5) is 0. The fourth-order valence-corrected chi connectivity index (χ4v) is 7.51. The molecular weight excluding hydrogens is 525 g/mol. The average molecular weight is 609 g/mol. The summed E-state index contributed by atoms with van der Waals surface area (Å²) in [7, 11) is 0. The Bertz CT molecular complexity index is 393. The van der Waals surface area contributed by atoms with E-state index in [4.69, 9.17) is 0 Å². The zero-order valence-electron chi connectivity index (χ0n) is 30.0. The van der Waals surface area contributed by atoms with Crippen LogP contribution in [-0.4, -0.2) is 11.5 Å². The van der Waals surface area contributed by atoms with Gasteiger partial charge in [-0.2, -0.15) is 11.8 Å². The molecule has 0 radical (unpaired) electrons. The van der Waals surface area contributed by atoms with Gasteiger partial charge < -0.3 is 0 Å². The Labute approximate surface area is 273 Å². The summed E-state index contributed by atoms with van der Waals surface area (Å²) >= 11 is 2.23. The first kappa shape index (κ1) is 42.3. The highest BCUT2D eigenvalue weighted by Gasteiger charge is 1.98. The molecule has 254 valence electrons. The van der Waals surface area contributed by atoms with Crippen LogP contribution in [0, 0.1) is 0 Å². The molecule has 0 aliphatic rings. The van der Waals surface area contributed by atoms with Gasteiger partial charge in [0.15, 0.2) is 0 Å². The molecule has 42 heavy (non-hydrogen) atoms. The Kier molecular flexibility index (Phi) is 41.7. The summed E-state index contributed by atoms with van der Waals surface area (Å²) in [6.07, 6.45) is 54.7. The molecule has 0 aliphatic heterocycles. The topological polar surface area (TPSA) is 0 Å². The third-order valence-corrected chi connectivity index (χ3v) is 10.7. The number of thioether (sulfide) groups is 1. The molecule has 0 atom stereocenters. The van der Waals surface area contributed by atoms with Crippen LogP contribution in [0.1, 0.15) is 251 Å². The van der Waals surface area contributed by atoms with Crippen molar-refractivity contribution in [1.82, 2.24) is 0 Å². The van der Waals surface area contributed by atoms with Gasteiger partial charge in [0.05, 0.1) is 0 Å². The van der Waals surface area contributed by atoms with Gasteiger partial charge in [-0.25, -0.2) is 0 Å². The van der Waals surface area contributed by atoms with Gasteiger partial charge in [0.2, 0.25) is 0 Å². The van der Waals surface area contributed by atoms with E-state index in [2.05, 4.69) is 25.6 Å². The quantitative estimate of drug-likeness (QED) is 0.0625. The minimum absolute atomic E-state index is 1.37. The zero-order valence-corrected chi connectivity index (χ0v) is 30.8. The van der Waals surface area contributed by atoms with E-state index in [0.29, 0.717) is 0 Å². The van der Waals surface area contributed by atoms with Crippen LogP contribution < -0.4 is 0 Å². The van der Waals surface area contributed by atoms with Crippen molar-refractivity contribution in [3.05, 3.63) is 0 Å². The first-order valence-electron chi connectivity index (χ1n) is 20.5. The fourth-order valence-electron chi connectivity index (χ4n) is 6.49. The summed E-state index contributed by atoms with van der Waals surface area (Å²) in [6.45, 7) is 4.62. The second kappa shape index (κ2) is 41.4. The van der Waals surface area contributed by atoms with Gasteiger partial charge in [0.1, 0.15) is 0 Å².